The highest BCUT2D eigenvalue weighted by Crippen LogP contribution is 2.37. The van der Waals surface area contributed by atoms with Gasteiger partial charge in [0.25, 0.3) is 5.89 Å². The lowest BCUT2D eigenvalue weighted by atomic mass is 9.77. The average Bonchev–Trinajstić information content (AvgIpc) is 2.94. The Balaban J connectivity index is 0.00000133. The van der Waals surface area contributed by atoms with Crippen LogP contribution >= 0.6 is 23.7 Å². The van der Waals surface area contributed by atoms with Crippen LogP contribution in [0.15, 0.2) is 9.90 Å². The highest BCUT2D eigenvalue weighted by Gasteiger charge is 2.39. The second-order valence-electron chi connectivity index (χ2n) is 5.16. The monoisotopic (exact) mass is 300 g/mol. The summed E-state index contributed by atoms with van der Waals surface area (Å²) in [6, 6.07) is 0. The van der Waals surface area contributed by atoms with Gasteiger partial charge in [-0.1, -0.05) is 19.0 Å². The Bertz CT molecular complexity index is 562. The number of hydrogen-bond acceptors (Lipinski definition) is 6. The van der Waals surface area contributed by atoms with Crippen molar-refractivity contribution in [2.24, 2.45) is 5.73 Å². The van der Waals surface area contributed by atoms with E-state index in [1.54, 1.807) is 11.3 Å². The second kappa shape index (κ2) is 5.19. The van der Waals surface area contributed by atoms with Gasteiger partial charge in [0.2, 0.25) is 0 Å². The molecule has 2 N–H and O–H groups in total. The maximum absolute atomic E-state index is 6.17. The van der Waals surface area contributed by atoms with Crippen molar-refractivity contribution < 1.29 is 4.52 Å². The van der Waals surface area contributed by atoms with Crippen LogP contribution in [0, 0.1) is 0 Å². The molecule has 1 aliphatic rings. The van der Waals surface area contributed by atoms with Crippen molar-refractivity contribution >= 4 is 23.7 Å². The molecule has 0 amide bonds. The number of aromatic nitrogens is 3. The summed E-state index contributed by atoms with van der Waals surface area (Å²) in [6.07, 6.45) is 3.00. The van der Waals surface area contributed by atoms with E-state index in [0.717, 1.165) is 30.0 Å². The van der Waals surface area contributed by atoms with Crippen molar-refractivity contribution in [2.75, 3.05) is 0 Å². The van der Waals surface area contributed by atoms with Gasteiger partial charge in [-0.15, -0.1) is 23.7 Å². The minimum Gasteiger partial charge on any atom is -0.332 e. The number of rotatable bonds is 3. The molecule has 2 aromatic heterocycles. The average molecular weight is 301 g/mol. The molecule has 7 heteroatoms. The van der Waals surface area contributed by atoms with Crippen LogP contribution in [0.4, 0.5) is 0 Å². The summed E-state index contributed by atoms with van der Waals surface area (Å²) in [4.78, 5) is 8.89. The zero-order valence-electron chi connectivity index (χ0n) is 10.9. The molecule has 3 rings (SSSR count). The first-order chi connectivity index (χ1) is 8.58. The fourth-order valence-corrected chi connectivity index (χ4v) is 2.77. The highest BCUT2D eigenvalue weighted by molar-refractivity contribution is 7.10. The molecule has 1 saturated carbocycles. The summed E-state index contributed by atoms with van der Waals surface area (Å²) in [5, 5.41) is 7.03. The molecule has 0 spiro atoms. The third-order valence-electron chi connectivity index (χ3n) is 3.35. The lowest BCUT2D eigenvalue weighted by Gasteiger charge is -2.34. The number of nitrogens with zero attached hydrogens (tertiary/aromatic N) is 3. The van der Waals surface area contributed by atoms with E-state index in [0.29, 0.717) is 17.6 Å². The van der Waals surface area contributed by atoms with Gasteiger partial charge in [-0.25, -0.2) is 4.98 Å². The zero-order valence-corrected chi connectivity index (χ0v) is 12.6. The quantitative estimate of drug-likeness (QED) is 0.942. The van der Waals surface area contributed by atoms with E-state index in [1.165, 1.54) is 0 Å². The van der Waals surface area contributed by atoms with Crippen molar-refractivity contribution in [3.63, 3.8) is 0 Å². The van der Waals surface area contributed by atoms with E-state index < -0.39 is 0 Å². The van der Waals surface area contributed by atoms with Crippen LogP contribution in [0.1, 0.15) is 49.9 Å². The van der Waals surface area contributed by atoms with Crippen molar-refractivity contribution in [3.05, 3.63) is 16.2 Å². The summed E-state index contributed by atoms with van der Waals surface area (Å²) in [5.41, 5.74) is 6.54. The van der Waals surface area contributed by atoms with Gasteiger partial charge in [0, 0.05) is 11.3 Å². The lowest BCUT2D eigenvalue weighted by molar-refractivity contribution is 0.229. The maximum Gasteiger partial charge on any atom is 0.277 e. The van der Waals surface area contributed by atoms with Gasteiger partial charge >= 0.3 is 0 Å². The minimum atomic E-state index is -0.376. The van der Waals surface area contributed by atoms with Crippen LogP contribution in [-0.2, 0) is 5.54 Å². The normalized spacial score (nSPS) is 17.1. The summed E-state index contributed by atoms with van der Waals surface area (Å²) < 4.78 is 5.27. The van der Waals surface area contributed by atoms with E-state index in [1.807, 2.05) is 5.38 Å². The molecule has 19 heavy (non-hydrogen) atoms. The highest BCUT2D eigenvalue weighted by atomic mass is 35.5. The maximum atomic E-state index is 6.17. The molecular weight excluding hydrogens is 284 g/mol. The number of thiazole rings is 1. The van der Waals surface area contributed by atoms with Gasteiger partial charge in [0.1, 0.15) is 5.69 Å². The third-order valence-corrected chi connectivity index (χ3v) is 4.50. The molecule has 0 saturated heterocycles. The summed E-state index contributed by atoms with van der Waals surface area (Å²) >= 11 is 1.62. The number of hydrogen-bond donors (Lipinski definition) is 1. The third kappa shape index (κ3) is 2.52. The van der Waals surface area contributed by atoms with Crippen molar-refractivity contribution in [1.82, 2.24) is 15.1 Å². The fraction of sp³-hybridized carbons (Fsp3) is 0.583. The van der Waals surface area contributed by atoms with E-state index in [9.17, 15) is 0 Å². The molecule has 0 aliphatic heterocycles. The van der Waals surface area contributed by atoms with Gasteiger partial charge in [0.15, 0.2) is 5.82 Å². The largest absolute Gasteiger partial charge is 0.332 e. The predicted octanol–water partition coefficient (Wildman–Crippen LogP) is 3.08. The first kappa shape index (κ1) is 14.4. The Morgan fingerprint density at radius 2 is 2.11 bits per heavy atom. The minimum absolute atomic E-state index is 0. The van der Waals surface area contributed by atoms with Crippen molar-refractivity contribution in [1.29, 1.82) is 0 Å². The van der Waals surface area contributed by atoms with Gasteiger partial charge < -0.3 is 10.3 Å². The summed E-state index contributed by atoms with van der Waals surface area (Å²) in [7, 11) is 0. The Labute approximate surface area is 122 Å². The van der Waals surface area contributed by atoms with Crippen LogP contribution in [0.5, 0.6) is 0 Å². The Morgan fingerprint density at radius 1 is 1.37 bits per heavy atom. The smallest absolute Gasteiger partial charge is 0.277 e. The van der Waals surface area contributed by atoms with Crippen molar-refractivity contribution in [3.8, 4) is 11.6 Å². The van der Waals surface area contributed by atoms with Gasteiger partial charge in [-0.05, 0) is 19.3 Å². The van der Waals surface area contributed by atoms with E-state index in [2.05, 4.69) is 29.0 Å². The van der Waals surface area contributed by atoms with Crippen LogP contribution in [-0.4, -0.2) is 15.1 Å². The van der Waals surface area contributed by atoms with Crippen LogP contribution < -0.4 is 5.73 Å². The molecule has 2 heterocycles. The van der Waals surface area contributed by atoms with E-state index >= 15 is 0 Å². The number of nitrogens with two attached hydrogens (primary N) is 1. The fourth-order valence-electron chi connectivity index (χ4n) is 1.96. The van der Waals surface area contributed by atoms with Crippen LogP contribution in [0.2, 0.25) is 0 Å². The first-order valence-electron chi connectivity index (χ1n) is 6.17. The Hall–Kier alpha value is -0.980. The summed E-state index contributed by atoms with van der Waals surface area (Å²) in [6.45, 7) is 4.23. The lowest BCUT2D eigenvalue weighted by Crippen LogP contribution is -2.44. The second-order valence-corrected chi connectivity index (χ2v) is 6.05. The standard InChI is InChI=1S/C12H16N4OS.ClH/c1-7(2)10-14-8(6-18-10)9-15-11(16-17-9)12(13)4-3-5-12;/h6-7H,3-5,13H2,1-2H3;1H. The molecule has 0 atom stereocenters. The van der Waals surface area contributed by atoms with E-state index in [4.69, 9.17) is 10.3 Å². The molecule has 0 bridgehead atoms. The molecule has 5 nitrogen and oxygen atoms in total. The molecular formula is C12H17ClN4OS. The van der Waals surface area contributed by atoms with Crippen molar-refractivity contribution in [2.45, 2.75) is 44.6 Å². The topological polar surface area (TPSA) is 77.8 Å². The zero-order chi connectivity index (χ0) is 12.8. The predicted molar refractivity (Wildman–Crippen MR) is 76.5 cm³/mol. The molecule has 0 unspecified atom stereocenters. The van der Waals surface area contributed by atoms with Crippen LogP contribution in [0.25, 0.3) is 11.6 Å². The molecule has 104 valence electrons. The molecule has 0 aromatic carbocycles. The Morgan fingerprint density at radius 3 is 2.63 bits per heavy atom. The molecule has 1 aliphatic carbocycles. The molecule has 0 radical (unpaired) electrons. The van der Waals surface area contributed by atoms with Gasteiger partial charge in [-0.3, -0.25) is 0 Å². The van der Waals surface area contributed by atoms with Crippen LogP contribution in [0.3, 0.4) is 0 Å². The molecule has 1 fully saturated rings. The SMILES string of the molecule is CC(C)c1nc(-c2nc(C3(N)CCC3)no2)cs1.Cl. The van der Waals surface area contributed by atoms with Gasteiger partial charge in [0.05, 0.1) is 10.5 Å². The number of halogens is 1. The summed E-state index contributed by atoms with van der Waals surface area (Å²) in [5.74, 6) is 1.51. The molecule has 2 aromatic rings. The Kier molecular flexibility index (Phi) is 3.94. The van der Waals surface area contributed by atoms with E-state index in [-0.39, 0.29) is 17.9 Å². The van der Waals surface area contributed by atoms with Gasteiger partial charge in [-0.2, -0.15) is 4.98 Å². The first-order valence-corrected chi connectivity index (χ1v) is 7.05.